The number of thioether (sulfide) groups is 1. The summed E-state index contributed by atoms with van der Waals surface area (Å²) in [7, 11) is 1.62. The second kappa shape index (κ2) is 9.75. The number of nitrogens with zero attached hydrogens (tertiary/aromatic N) is 2. The molecule has 1 atom stereocenters. The number of hydrogen-bond donors (Lipinski definition) is 1. The quantitative estimate of drug-likeness (QED) is 0.422. The number of para-hydroxylation sites is 1. The van der Waals surface area contributed by atoms with Crippen molar-refractivity contribution in [3.63, 3.8) is 0 Å². The second-order valence-corrected chi connectivity index (χ2v) is 7.13. The summed E-state index contributed by atoms with van der Waals surface area (Å²) in [6, 6.07) is 15.2. The summed E-state index contributed by atoms with van der Waals surface area (Å²) in [5, 5.41) is 11.2. The van der Waals surface area contributed by atoms with E-state index in [-0.39, 0.29) is 11.2 Å². The van der Waals surface area contributed by atoms with Gasteiger partial charge in [0.25, 0.3) is 0 Å². The van der Waals surface area contributed by atoms with Crippen LogP contribution in [0.2, 0.25) is 0 Å². The number of amidine groups is 1. The third kappa shape index (κ3) is 5.23. The van der Waals surface area contributed by atoms with Crippen LogP contribution >= 0.6 is 11.8 Å². The van der Waals surface area contributed by atoms with Gasteiger partial charge in [0.15, 0.2) is 5.17 Å². The van der Waals surface area contributed by atoms with E-state index in [1.807, 2.05) is 48.5 Å². The van der Waals surface area contributed by atoms with Crippen LogP contribution in [-0.4, -0.2) is 36.3 Å². The van der Waals surface area contributed by atoms with E-state index >= 15 is 0 Å². The van der Waals surface area contributed by atoms with Gasteiger partial charge in [-0.1, -0.05) is 48.7 Å². The molecular formula is C21H21N3O3S. The van der Waals surface area contributed by atoms with E-state index in [0.29, 0.717) is 23.9 Å². The molecule has 1 saturated heterocycles. The molecular weight excluding hydrogens is 374 g/mol. The summed E-state index contributed by atoms with van der Waals surface area (Å²) in [6.45, 7) is 4.06. The minimum absolute atomic E-state index is 0.0727. The molecule has 1 N–H and O–H groups in total. The third-order valence-electron chi connectivity index (χ3n) is 3.95. The molecule has 2 aromatic carbocycles. The topological polar surface area (TPSA) is 72.3 Å². The van der Waals surface area contributed by atoms with E-state index in [4.69, 9.17) is 9.47 Å². The fourth-order valence-corrected chi connectivity index (χ4v) is 3.58. The van der Waals surface area contributed by atoms with Crippen LogP contribution in [0.4, 0.5) is 0 Å². The molecule has 1 amide bonds. The van der Waals surface area contributed by atoms with Crippen molar-refractivity contribution in [1.29, 1.82) is 0 Å². The number of carbonyl (C=O) groups is 1. The average Bonchev–Trinajstić information content (AvgIpc) is 3.06. The van der Waals surface area contributed by atoms with Crippen molar-refractivity contribution >= 4 is 29.1 Å². The maximum Gasteiger partial charge on any atom is 0.239 e. The Morgan fingerprint density at radius 1 is 1.25 bits per heavy atom. The summed E-state index contributed by atoms with van der Waals surface area (Å²) in [6.07, 6.45) is 3.88. The first kappa shape index (κ1) is 19.7. The maximum absolute atomic E-state index is 12.2. The lowest BCUT2D eigenvalue weighted by molar-refractivity contribution is -0.118. The van der Waals surface area contributed by atoms with Crippen molar-refractivity contribution in [2.45, 2.75) is 11.7 Å². The molecule has 0 bridgehead atoms. The monoisotopic (exact) mass is 395 g/mol. The highest BCUT2D eigenvalue weighted by Crippen LogP contribution is 2.25. The van der Waals surface area contributed by atoms with Gasteiger partial charge in [-0.2, -0.15) is 5.10 Å². The van der Waals surface area contributed by atoms with Crippen molar-refractivity contribution < 1.29 is 14.3 Å². The van der Waals surface area contributed by atoms with Gasteiger partial charge in [-0.25, -0.2) is 0 Å². The molecule has 1 fully saturated rings. The first-order valence-electron chi connectivity index (χ1n) is 8.74. The van der Waals surface area contributed by atoms with Crippen LogP contribution in [0, 0.1) is 0 Å². The zero-order valence-corrected chi connectivity index (χ0v) is 16.3. The normalized spacial score (nSPS) is 17.7. The molecule has 3 rings (SSSR count). The van der Waals surface area contributed by atoms with Crippen molar-refractivity contribution in [3.05, 3.63) is 72.3 Å². The largest absolute Gasteiger partial charge is 0.497 e. The number of ether oxygens (including phenoxy) is 2. The molecule has 6 nitrogen and oxygen atoms in total. The first-order chi connectivity index (χ1) is 13.7. The average molecular weight is 395 g/mol. The Kier molecular flexibility index (Phi) is 6.86. The van der Waals surface area contributed by atoms with Crippen molar-refractivity contribution in [2.75, 3.05) is 13.7 Å². The van der Waals surface area contributed by atoms with Crippen LogP contribution in [0.15, 0.2) is 71.4 Å². The van der Waals surface area contributed by atoms with Gasteiger partial charge < -0.3 is 14.8 Å². The van der Waals surface area contributed by atoms with Gasteiger partial charge in [0.2, 0.25) is 5.91 Å². The minimum Gasteiger partial charge on any atom is -0.497 e. The molecule has 0 radical (unpaired) electrons. The molecule has 1 aliphatic rings. The Morgan fingerprint density at radius 3 is 2.93 bits per heavy atom. The zero-order valence-electron chi connectivity index (χ0n) is 15.5. The molecule has 0 aromatic heterocycles. The SMILES string of the molecule is C=CCOc1ccccc1/C=N/N=C1/NC(=O)C(Cc2cccc(OC)c2)S1. The van der Waals surface area contributed by atoms with E-state index in [9.17, 15) is 4.79 Å². The molecule has 144 valence electrons. The summed E-state index contributed by atoms with van der Waals surface area (Å²) < 4.78 is 10.8. The summed E-state index contributed by atoms with van der Waals surface area (Å²) in [5.41, 5.74) is 1.83. The lowest BCUT2D eigenvalue weighted by Gasteiger charge is -2.07. The lowest BCUT2D eigenvalue weighted by Crippen LogP contribution is -2.25. The predicted octanol–water partition coefficient (Wildman–Crippen LogP) is 3.42. The van der Waals surface area contributed by atoms with Crippen LogP contribution < -0.4 is 14.8 Å². The maximum atomic E-state index is 12.2. The van der Waals surface area contributed by atoms with Gasteiger partial charge >= 0.3 is 0 Å². The van der Waals surface area contributed by atoms with Gasteiger partial charge in [-0.15, -0.1) is 5.10 Å². The van der Waals surface area contributed by atoms with E-state index in [1.165, 1.54) is 11.8 Å². The van der Waals surface area contributed by atoms with Gasteiger partial charge in [0, 0.05) is 5.56 Å². The van der Waals surface area contributed by atoms with E-state index in [2.05, 4.69) is 22.1 Å². The standard InChI is InChI=1S/C21H21N3O3S/c1-3-11-27-18-10-5-4-8-16(18)14-22-24-21-23-20(25)19(28-21)13-15-7-6-9-17(12-15)26-2/h3-10,12,14,19H,1,11,13H2,2H3,(H,23,24,25)/b22-14+. The van der Waals surface area contributed by atoms with Crippen LogP contribution in [0.1, 0.15) is 11.1 Å². The molecule has 28 heavy (non-hydrogen) atoms. The predicted molar refractivity (Wildman–Crippen MR) is 113 cm³/mol. The fraction of sp³-hybridized carbons (Fsp3) is 0.190. The molecule has 0 saturated carbocycles. The first-order valence-corrected chi connectivity index (χ1v) is 9.61. The van der Waals surface area contributed by atoms with E-state index in [1.54, 1.807) is 19.4 Å². The van der Waals surface area contributed by atoms with Gasteiger partial charge in [0.1, 0.15) is 18.1 Å². The lowest BCUT2D eigenvalue weighted by atomic mass is 10.1. The molecule has 0 spiro atoms. The van der Waals surface area contributed by atoms with E-state index < -0.39 is 0 Å². The number of benzene rings is 2. The van der Waals surface area contributed by atoms with Crippen LogP contribution in [0.25, 0.3) is 0 Å². The number of methoxy groups -OCH3 is 1. The van der Waals surface area contributed by atoms with Gasteiger partial charge in [-0.3, -0.25) is 4.79 Å². The number of amides is 1. The number of rotatable bonds is 8. The summed E-state index contributed by atoms with van der Waals surface area (Å²) in [5.74, 6) is 1.40. The zero-order chi connectivity index (χ0) is 19.8. The highest BCUT2D eigenvalue weighted by Gasteiger charge is 2.30. The minimum atomic E-state index is -0.246. The third-order valence-corrected chi connectivity index (χ3v) is 5.03. The molecule has 1 aliphatic heterocycles. The number of nitrogens with one attached hydrogen (secondary N) is 1. The van der Waals surface area contributed by atoms with Crippen LogP contribution in [0.3, 0.4) is 0 Å². The molecule has 2 aromatic rings. The Labute approximate surface area is 168 Å². The Bertz CT molecular complexity index is 911. The molecule has 7 heteroatoms. The van der Waals surface area contributed by atoms with E-state index in [0.717, 1.165) is 16.9 Å². The molecule has 1 unspecified atom stereocenters. The number of hydrogen-bond acceptors (Lipinski definition) is 6. The summed E-state index contributed by atoms with van der Waals surface area (Å²) in [4.78, 5) is 12.2. The smallest absolute Gasteiger partial charge is 0.239 e. The summed E-state index contributed by atoms with van der Waals surface area (Å²) >= 11 is 1.37. The molecule has 1 heterocycles. The highest BCUT2D eigenvalue weighted by molar-refractivity contribution is 8.15. The highest BCUT2D eigenvalue weighted by atomic mass is 32.2. The van der Waals surface area contributed by atoms with Crippen molar-refractivity contribution in [1.82, 2.24) is 5.32 Å². The Hall–Kier alpha value is -3.06. The molecule has 0 aliphatic carbocycles. The van der Waals surface area contributed by atoms with Crippen molar-refractivity contribution in [2.24, 2.45) is 10.2 Å². The van der Waals surface area contributed by atoms with Gasteiger partial charge in [-0.05, 0) is 36.2 Å². The number of carbonyl (C=O) groups excluding carboxylic acids is 1. The van der Waals surface area contributed by atoms with Crippen molar-refractivity contribution in [3.8, 4) is 11.5 Å². The Balaban J connectivity index is 1.64. The fourth-order valence-electron chi connectivity index (χ4n) is 2.61. The second-order valence-electron chi connectivity index (χ2n) is 5.94. The Morgan fingerprint density at radius 2 is 2.11 bits per heavy atom. The van der Waals surface area contributed by atoms with Crippen LogP contribution in [0.5, 0.6) is 11.5 Å². The van der Waals surface area contributed by atoms with Crippen LogP contribution in [-0.2, 0) is 11.2 Å². The van der Waals surface area contributed by atoms with Gasteiger partial charge in [0.05, 0.1) is 18.6 Å².